The maximum Gasteiger partial charge on any atom is 0.351 e. The smallest absolute Gasteiger partial charge is 0.351 e. The van der Waals surface area contributed by atoms with Gasteiger partial charge in [-0.3, -0.25) is 0 Å². The van der Waals surface area contributed by atoms with E-state index in [0.717, 1.165) is 31.1 Å². The zero-order valence-corrected chi connectivity index (χ0v) is 16.0. The number of hydrogen-bond acceptors (Lipinski definition) is 5. The third-order valence-corrected chi connectivity index (χ3v) is 5.81. The summed E-state index contributed by atoms with van der Waals surface area (Å²) >= 11 is 0. The van der Waals surface area contributed by atoms with Crippen molar-refractivity contribution in [3.05, 3.63) is 70.8 Å². The minimum absolute atomic E-state index is 0.0504. The average molecular weight is 373 g/mol. The molecule has 26 heavy (non-hydrogen) atoms. The zero-order valence-electron chi connectivity index (χ0n) is 15.2. The van der Waals surface area contributed by atoms with E-state index in [1.54, 1.807) is 12.1 Å². The Labute approximate surface area is 154 Å². The van der Waals surface area contributed by atoms with Gasteiger partial charge in [0.15, 0.2) is 4.91 Å². The van der Waals surface area contributed by atoms with Crippen LogP contribution in [-0.2, 0) is 32.2 Å². The van der Waals surface area contributed by atoms with Gasteiger partial charge >= 0.3 is 5.97 Å². The number of anilines is 1. The molecule has 0 aliphatic heterocycles. The fraction of sp³-hybridized carbons (Fsp3) is 0.250. The molecule has 2 aromatic carbocycles. The van der Waals surface area contributed by atoms with Gasteiger partial charge in [-0.05, 0) is 48.2 Å². The second kappa shape index (κ2) is 8.67. The Morgan fingerprint density at radius 2 is 1.46 bits per heavy atom. The molecule has 1 N–H and O–H groups in total. The molecule has 6 heteroatoms. The number of benzene rings is 2. The van der Waals surface area contributed by atoms with Gasteiger partial charge < -0.3 is 10.1 Å². The predicted molar refractivity (Wildman–Crippen MR) is 103 cm³/mol. The SMILES string of the molecule is CCc1ccc(N/C=C(\C(=O)OC)S(=O)(=O)c2ccc(CC)cc2)cc1. The molecule has 138 valence electrons. The zero-order chi connectivity index (χ0) is 19.2. The molecule has 2 aromatic rings. The van der Waals surface area contributed by atoms with Crippen molar-refractivity contribution in [1.82, 2.24) is 0 Å². The topological polar surface area (TPSA) is 72.5 Å². The number of ether oxygens (including phenoxy) is 1. The molecule has 0 radical (unpaired) electrons. The summed E-state index contributed by atoms with van der Waals surface area (Å²) in [7, 11) is -2.84. The fourth-order valence-corrected chi connectivity index (χ4v) is 3.63. The largest absolute Gasteiger partial charge is 0.465 e. The summed E-state index contributed by atoms with van der Waals surface area (Å²) < 4.78 is 30.4. The van der Waals surface area contributed by atoms with Crippen molar-refractivity contribution in [2.24, 2.45) is 0 Å². The maximum atomic E-state index is 12.8. The first-order valence-corrected chi connectivity index (χ1v) is 9.88. The molecule has 0 saturated carbocycles. The molecule has 0 aliphatic rings. The van der Waals surface area contributed by atoms with E-state index in [0.29, 0.717) is 5.69 Å². The summed E-state index contributed by atoms with van der Waals surface area (Å²) in [4.78, 5) is 11.7. The third-order valence-electron chi connectivity index (χ3n) is 4.05. The number of nitrogens with one attached hydrogen (secondary N) is 1. The lowest BCUT2D eigenvalue weighted by molar-refractivity contribution is -0.135. The van der Waals surface area contributed by atoms with Crippen molar-refractivity contribution >= 4 is 21.5 Å². The number of aryl methyl sites for hydroxylation is 2. The standard InChI is InChI=1S/C20H23NO4S/c1-4-15-6-10-17(11-7-15)21-14-19(20(22)25-3)26(23,24)18-12-8-16(5-2)9-13-18/h6-14,21H,4-5H2,1-3H3/b19-14+. The van der Waals surface area contributed by atoms with Gasteiger partial charge in [0.1, 0.15) is 0 Å². The van der Waals surface area contributed by atoms with Gasteiger partial charge in [-0.2, -0.15) is 0 Å². The first-order valence-electron chi connectivity index (χ1n) is 8.40. The van der Waals surface area contributed by atoms with Crippen LogP contribution in [0, 0.1) is 0 Å². The molecule has 0 spiro atoms. The molecule has 0 heterocycles. The van der Waals surface area contributed by atoms with E-state index in [1.807, 2.05) is 38.1 Å². The summed E-state index contributed by atoms with van der Waals surface area (Å²) in [6.07, 6.45) is 2.89. The quantitative estimate of drug-likeness (QED) is 0.592. The second-order valence-corrected chi connectivity index (χ2v) is 7.61. The molecule has 0 fully saturated rings. The fourth-order valence-electron chi connectivity index (χ4n) is 2.36. The Balaban J connectivity index is 2.36. The molecule has 0 unspecified atom stereocenters. The summed E-state index contributed by atoms with van der Waals surface area (Å²) in [5.74, 6) is -0.915. The molecular weight excluding hydrogens is 350 g/mol. The van der Waals surface area contributed by atoms with Gasteiger partial charge in [-0.15, -0.1) is 0 Å². The van der Waals surface area contributed by atoms with Crippen molar-refractivity contribution in [3.8, 4) is 0 Å². The molecule has 5 nitrogen and oxygen atoms in total. The lowest BCUT2D eigenvalue weighted by atomic mass is 10.1. The Morgan fingerprint density at radius 1 is 0.962 bits per heavy atom. The molecule has 0 aliphatic carbocycles. The lowest BCUT2D eigenvalue weighted by Gasteiger charge is -2.09. The minimum atomic E-state index is -4.00. The van der Waals surface area contributed by atoms with Crippen molar-refractivity contribution < 1.29 is 17.9 Å². The van der Waals surface area contributed by atoms with E-state index in [1.165, 1.54) is 18.3 Å². The Morgan fingerprint density at radius 3 is 1.92 bits per heavy atom. The highest BCUT2D eigenvalue weighted by Gasteiger charge is 2.28. The average Bonchev–Trinajstić information content (AvgIpc) is 2.68. The van der Waals surface area contributed by atoms with Crippen LogP contribution in [-0.4, -0.2) is 21.5 Å². The maximum absolute atomic E-state index is 12.8. The normalized spacial score (nSPS) is 11.9. The highest BCUT2D eigenvalue weighted by atomic mass is 32.2. The van der Waals surface area contributed by atoms with Gasteiger partial charge in [0.2, 0.25) is 9.84 Å². The van der Waals surface area contributed by atoms with Crippen molar-refractivity contribution in [2.75, 3.05) is 12.4 Å². The van der Waals surface area contributed by atoms with Crippen LogP contribution in [0.15, 0.2) is 64.5 Å². The highest BCUT2D eigenvalue weighted by Crippen LogP contribution is 2.22. The molecule has 0 saturated heterocycles. The van der Waals surface area contributed by atoms with Crippen LogP contribution in [0.1, 0.15) is 25.0 Å². The second-order valence-electron chi connectivity index (χ2n) is 5.70. The van der Waals surface area contributed by atoms with E-state index in [9.17, 15) is 13.2 Å². The monoisotopic (exact) mass is 373 g/mol. The summed E-state index contributed by atoms with van der Waals surface area (Å²) in [5.41, 5.74) is 2.86. The van der Waals surface area contributed by atoms with Gasteiger partial charge in [0.05, 0.1) is 12.0 Å². The first kappa shape index (κ1) is 19.7. The Kier molecular flexibility index (Phi) is 6.58. The van der Waals surface area contributed by atoms with Gasteiger partial charge in [-0.25, -0.2) is 13.2 Å². The number of methoxy groups -OCH3 is 1. The van der Waals surface area contributed by atoms with Crippen LogP contribution >= 0.6 is 0 Å². The summed E-state index contributed by atoms with van der Waals surface area (Å²) in [6, 6.07) is 14.0. The third kappa shape index (κ3) is 4.52. The number of carbonyl (C=O) groups is 1. The van der Waals surface area contributed by atoms with Crippen molar-refractivity contribution in [2.45, 2.75) is 31.6 Å². The minimum Gasteiger partial charge on any atom is -0.465 e. The van der Waals surface area contributed by atoms with Crippen LogP contribution in [0.2, 0.25) is 0 Å². The van der Waals surface area contributed by atoms with Crippen LogP contribution in [0.3, 0.4) is 0 Å². The lowest BCUT2D eigenvalue weighted by Crippen LogP contribution is -2.17. The first-order chi connectivity index (χ1) is 12.4. The van der Waals surface area contributed by atoms with Crippen LogP contribution < -0.4 is 5.32 Å². The number of carbonyl (C=O) groups excluding carboxylic acids is 1. The Bertz CT molecular complexity index is 882. The molecule has 0 aromatic heterocycles. The van der Waals surface area contributed by atoms with Crippen LogP contribution in [0.25, 0.3) is 0 Å². The van der Waals surface area contributed by atoms with Gasteiger partial charge in [-0.1, -0.05) is 38.1 Å². The summed E-state index contributed by atoms with van der Waals surface area (Å²) in [5, 5.41) is 2.87. The highest BCUT2D eigenvalue weighted by molar-refractivity contribution is 7.96. The summed E-state index contributed by atoms with van der Waals surface area (Å²) in [6.45, 7) is 4.03. The number of sulfone groups is 1. The molecule has 0 bridgehead atoms. The number of esters is 1. The van der Waals surface area contributed by atoms with E-state index >= 15 is 0 Å². The van der Waals surface area contributed by atoms with Gasteiger partial charge in [0, 0.05) is 11.9 Å². The molecule has 0 atom stereocenters. The molecule has 0 amide bonds. The van der Waals surface area contributed by atoms with Crippen LogP contribution in [0.4, 0.5) is 5.69 Å². The van der Waals surface area contributed by atoms with Gasteiger partial charge in [0.25, 0.3) is 0 Å². The van der Waals surface area contributed by atoms with Crippen molar-refractivity contribution in [3.63, 3.8) is 0 Å². The van der Waals surface area contributed by atoms with Crippen molar-refractivity contribution in [1.29, 1.82) is 0 Å². The van der Waals surface area contributed by atoms with E-state index in [-0.39, 0.29) is 4.90 Å². The number of hydrogen-bond donors (Lipinski definition) is 1. The predicted octanol–water partition coefficient (Wildman–Crippen LogP) is 3.71. The number of rotatable bonds is 7. The van der Waals surface area contributed by atoms with E-state index in [2.05, 4.69) is 10.1 Å². The molecule has 2 rings (SSSR count). The van der Waals surface area contributed by atoms with E-state index in [4.69, 9.17) is 0 Å². The molecular formula is C20H23NO4S. The Hall–Kier alpha value is -2.60. The van der Waals surface area contributed by atoms with Crippen LogP contribution in [0.5, 0.6) is 0 Å². The van der Waals surface area contributed by atoms with E-state index < -0.39 is 20.7 Å².